The standard InChI is InChI=1S/C12H8F3N5O/c13-12(14,15)9-3-1-2-8(4-9)11-18-10(21-19-11)5-20-7-16-6-17-20/h1-4,6-7H,5H2. The van der Waals surface area contributed by atoms with Gasteiger partial charge >= 0.3 is 6.18 Å². The van der Waals surface area contributed by atoms with E-state index in [1.54, 1.807) is 0 Å². The average Bonchev–Trinajstić information content (AvgIpc) is 3.10. The molecule has 108 valence electrons. The molecule has 3 aromatic rings. The molecule has 1 aromatic carbocycles. The molecule has 0 radical (unpaired) electrons. The first kappa shape index (κ1) is 13.3. The lowest BCUT2D eigenvalue weighted by Gasteiger charge is -2.06. The third-order valence-electron chi connectivity index (χ3n) is 2.68. The quantitative estimate of drug-likeness (QED) is 0.742. The van der Waals surface area contributed by atoms with E-state index < -0.39 is 11.7 Å². The van der Waals surface area contributed by atoms with Gasteiger partial charge in [-0.3, -0.25) is 0 Å². The van der Waals surface area contributed by atoms with Crippen molar-refractivity contribution in [2.45, 2.75) is 12.7 Å². The second-order valence-electron chi connectivity index (χ2n) is 4.18. The van der Waals surface area contributed by atoms with E-state index in [1.165, 1.54) is 29.5 Å². The van der Waals surface area contributed by atoms with E-state index in [9.17, 15) is 13.2 Å². The summed E-state index contributed by atoms with van der Waals surface area (Å²) < 4.78 is 44.4. The highest BCUT2D eigenvalue weighted by Crippen LogP contribution is 2.31. The van der Waals surface area contributed by atoms with Crippen LogP contribution in [0.1, 0.15) is 11.5 Å². The molecule has 0 atom stereocenters. The number of alkyl halides is 3. The molecule has 0 spiro atoms. The van der Waals surface area contributed by atoms with Gasteiger partial charge in [0.05, 0.1) is 5.56 Å². The van der Waals surface area contributed by atoms with Crippen LogP contribution < -0.4 is 0 Å². The Kier molecular flexibility index (Phi) is 3.16. The van der Waals surface area contributed by atoms with E-state index in [0.29, 0.717) is 0 Å². The van der Waals surface area contributed by atoms with Crippen molar-refractivity contribution in [1.82, 2.24) is 24.9 Å². The smallest absolute Gasteiger partial charge is 0.337 e. The molecule has 0 saturated heterocycles. The molecular formula is C12H8F3N5O. The van der Waals surface area contributed by atoms with E-state index >= 15 is 0 Å². The summed E-state index contributed by atoms with van der Waals surface area (Å²) in [5, 5.41) is 7.54. The summed E-state index contributed by atoms with van der Waals surface area (Å²) in [6, 6.07) is 4.74. The number of rotatable bonds is 3. The SMILES string of the molecule is FC(F)(F)c1cccc(-c2noc(Cn3cncn3)n2)c1. The van der Waals surface area contributed by atoms with Gasteiger partial charge < -0.3 is 4.52 Å². The zero-order valence-electron chi connectivity index (χ0n) is 10.4. The Bertz CT molecular complexity index is 735. The third kappa shape index (κ3) is 2.91. The molecule has 0 aliphatic carbocycles. The number of benzene rings is 1. The van der Waals surface area contributed by atoms with Gasteiger partial charge in [0.1, 0.15) is 19.2 Å². The minimum absolute atomic E-state index is 0.0937. The molecule has 0 N–H and O–H groups in total. The normalized spacial score (nSPS) is 11.8. The summed E-state index contributed by atoms with van der Waals surface area (Å²) in [6.45, 7) is 0.200. The summed E-state index contributed by atoms with van der Waals surface area (Å²) in [4.78, 5) is 7.80. The van der Waals surface area contributed by atoms with Crippen LogP contribution >= 0.6 is 0 Å². The molecule has 0 fully saturated rings. The summed E-state index contributed by atoms with van der Waals surface area (Å²) in [7, 11) is 0. The maximum atomic E-state index is 12.7. The molecule has 0 amide bonds. The second kappa shape index (κ2) is 5.00. The van der Waals surface area contributed by atoms with E-state index in [0.717, 1.165) is 12.1 Å². The van der Waals surface area contributed by atoms with Gasteiger partial charge in [-0.15, -0.1) is 0 Å². The highest BCUT2D eigenvalue weighted by atomic mass is 19.4. The van der Waals surface area contributed by atoms with Gasteiger partial charge in [-0.05, 0) is 12.1 Å². The summed E-state index contributed by atoms with van der Waals surface area (Å²) in [5.41, 5.74) is -0.527. The van der Waals surface area contributed by atoms with Crippen LogP contribution in [-0.4, -0.2) is 24.9 Å². The molecule has 0 aliphatic rings. The Morgan fingerprint density at radius 1 is 1.24 bits per heavy atom. The lowest BCUT2D eigenvalue weighted by molar-refractivity contribution is -0.137. The molecule has 2 heterocycles. The van der Waals surface area contributed by atoms with E-state index in [1.807, 2.05) is 0 Å². The molecule has 2 aromatic heterocycles. The first-order valence-corrected chi connectivity index (χ1v) is 5.85. The van der Waals surface area contributed by atoms with Crippen LogP contribution in [0.15, 0.2) is 41.4 Å². The molecule has 0 bridgehead atoms. The van der Waals surface area contributed by atoms with Gasteiger partial charge in [-0.25, -0.2) is 9.67 Å². The van der Waals surface area contributed by atoms with Crippen LogP contribution in [0, 0.1) is 0 Å². The zero-order valence-corrected chi connectivity index (χ0v) is 10.4. The van der Waals surface area contributed by atoms with Crippen molar-refractivity contribution in [3.8, 4) is 11.4 Å². The van der Waals surface area contributed by atoms with Crippen molar-refractivity contribution in [3.63, 3.8) is 0 Å². The van der Waals surface area contributed by atoms with Gasteiger partial charge in [-0.1, -0.05) is 17.3 Å². The lowest BCUT2D eigenvalue weighted by atomic mass is 10.1. The first-order chi connectivity index (χ1) is 10.0. The van der Waals surface area contributed by atoms with Crippen molar-refractivity contribution >= 4 is 0 Å². The minimum Gasteiger partial charge on any atom is -0.337 e. The fourth-order valence-electron chi connectivity index (χ4n) is 1.72. The van der Waals surface area contributed by atoms with Crippen LogP contribution in [0.3, 0.4) is 0 Å². The van der Waals surface area contributed by atoms with Crippen LogP contribution in [0.25, 0.3) is 11.4 Å². The highest BCUT2D eigenvalue weighted by Gasteiger charge is 2.30. The summed E-state index contributed by atoms with van der Waals surface area (Å²) >= 11 is 0. The third-order valence-corrected chi connectivity index (χ3v) is 2.68. The van der Waals surface area contributed by atoms with E-state index in [-0.39, 0.29) is 23.8 Å². The summed E-state index contributed by atoms with van der Waals surface area (Å²) in [6.07, 6.45) is -1.60. The Balaban J connectivity index is 1.86. The van der Waals surface area contributed by atoms with Gasteiger partial charge in [0.25, 0.3) is 0 Å². The maximum Gasteiger partial charge on any atom is 0.416 e. The molecule has 0 saturated carbocycles. The molecule has 6 nitrogen and oxygen atoms in total. The number of aromatic nitrogens is 5. The van der Waals surface area contributed by atoms with Crippen molar-refractivity contribution in [2.75, 3.05) is 0 Å². The van der Waals surface area contributed by atoms with Gasteiger partial charge in [0, 0.05) is 5.56 Å². The fraction of sp³-hybridized carbons (Fsp3) is 0.167. The minimum atomic E-state index is -4.41. The molecule has 3 rings (SSSR count). The van der Waals surface area contributed by atoms with E-state index in [4.69, 9.17) is 4.52 Å². The molecule has 0 aliphatic heterocycles. The van der Waals surface area contributed by atoms with Crippen LogP contribution in [0.2, 0.25) is 0 Å². The molecule has 0 unspecified atom stereocenters. The van der Waals surface area contributed by atoms with Crippen molar-refractivity contribution in [2.24, 2.45) is 0 Å². The van der Waals surface area contributed by atoms with Gasteiger partial charge in [0.15, 0.2) is 0 Å². The fourth-order valence-corrected chi connectivity index (χ4v) is 1.72. The van der Waals surface area contributed by atoms with Crippen LogP contribution in [0.4, 0.5) is 13.2 Å². The number of nitrogens with zero attached hydrogens (tertiary/aromatic N) is 5. The zero-order chi connectivity index (χ0) is 14.9. The van der Waals surface area contributed by atoms with Crippen molar-refractivity contribution in [3.05, 3.63) is 48.4 Å². The Morgan fingerprint density at radius 3 is 2.81 bits per heavy atom. The monoisotopic (exact) mass is 295 g/mol. The summed E-state index contributed by atoms with van der Waals surface area (Å²) in [5.74, 6) is 0.323. The Hall–Kier alpha value is -2.71. The second-order valence-corrected chi connectivity index (χ2v) is 4.18. The van der Waals surface area contributed by atoms with Crippen molar-refractivity contribution < 1.29 is 17.7 Å². The topological polar surface area (TPSA) is 69.6 Å². The number of halogens is 3. The lowest BCUT2D eigenvalue weighted by Crippen LogP contribution is -2.04. The number of hydrogen-bond acceptors (Lipinski definition) is 5. The van der Waals surface area contributed by atoms with Crippen LogP contribution in [-0.2, 0) is 12.7 Å². The molecule has 9 heteroatoms. The maximum absolute atomic E-state index is 12.7. The molecular weight excluding hydrogens is 287 g/mol. The predicted molar refractivity (Wildman–Crippen MR) is 63.9 cm³/mol. The van der Waals surface area contributed by atoms with Gasteiger partial charge in [0.2, 0.25) is 11.7 Å². The average molecular weight is 295 g/mol. The number of hydrogen-bond donors (Lipinski definition) is 0. The van der Waals surface area contributed by atoms with Gasteiger partial charge in [-0.2, -0.15) is 23.3 Å². The van der Waals surface area contributed by atoms with Crippen molar-refractivity contribution in [1.29, 1.82) is 0 Å². The Labute approximate surface area is 116 Å². The first-order valence-electron chi connectivity index (χ1n) is 5.85. The largest absolute Gasteiger partial charge is 0.416 e. The highest BCUT2D eigenvalue weighted by molar-refractivity contribution is 5.55. The van der Waals surface area contributed by atoms with E-state index in [2.05, 4.69) is 20.2 Å². The Morgan fingerprint density at radius 2 is 2.10 bits per heavy atom. The molecule has 21 heavy (non-hydrogen) atoms. The van der Waals surface area contributed by atoms with Crippen LogP contribution in [0.5, 0.6) is 0 Å². The predicted octanol–water partition coefficient (Wildman–Crippen LogP) is 2.40.